The molecule has 5 rings (SSSR count). The van der Waals surface area contributed by atoms with Gasteiger partial charge in [0.05, 0.1) is 0 Å². The Bertz CT molecular complexity index is 896. The van der Waals surface area contributed by atoms with Gasteiger partial charge in [0.25, 0.3) is 5.91 Å². The van der Waals surface area contributed by atoms with Gasteiger partial charge in [-0.2, -0.15) is 0 Å². The normalized spacial score (nSPS) is 27.6. The van der Waals surface area contributed by atoms with E-state index in [0.717, 1.165) is 50.3 Å². The summed E-state index contributed by atoms with van der Waals surface area (Å²) in [5.74, 6) is -0.755. The zero-order valence-electron chi connectivity index (χ0n) is 17.7. The highest BCUT2D eigenvalue weighted by molar-refractivity contribution is 6.05. The molecule has 166 valence electrons. The molecule has 0 aliphatic carbocycles. The van der Waals surface area contributed by atoms with E-state index in [9.17, 15) is 14.4 Å². The van der Waals surface area contributed by atoms with Crippen LogP contribution in [0.2, 0.25) is 0 Å². The molecule has 0 aromatic heterocycles. The number of carbonyl (C=O) groups is 3. The first kappa shape index (κ1) is 20.6. The van der Waals surface area contributed by atoms with E-state index in [0.29, 0.717) is 36.5 Å². The molecule has 31 heavy (non-hydrogen) atoms. The third kappa shape index (κ3) is 4.00. The summed E-state index contributed by atoms with van der Waals surface area (Å²) in [6, 6.07) is 5.68. The van der Waals surface area contributed by atoms with Gasteiger partial charge >= 0.3 is 0 Å². The molecule has 1 spiro atoms. The van der Waals surface area contributed by atoms with E-state index in [1.807, 2.05) is 12.1 Å². The predicted octanol–water partition coefficient (Wildman–Crippen LogP) is 0.696. The monoisotopic (exact) mass is 426 g/mol. The van der Waals surface area contributed by atoms with E-state index in [-0.39, 0.29) is 24.1 Å². The standard InChI is InChI=1S/C23H30N4O4/c28-20-5-4-19(21(29)26-20)27-13-18-15(2-1-3-17(18)22(27)30)11-24-12-16-10-23(14-25-16)6-8-31-9-7-23/h1-3,16,19,24-25H,4-14H2,(H,26,28,29). The van der Waals surface area contributed by atoms with Gasteiger partial charge in [0.15, 0.2) is 0 Å². The lowest BCUT2D eigenvalue weighted by molar-refractivity contribution is -0.136. The highest BCUT2D eigenvalue weighted by Gasteiger charge is 2.41. The summed E-state index contributed by atoms with van der Waals surface area (Å²) in [5.41, 5.74) is 3.15. The van der Waals surface area contributed by atoms with Crippen LogP contribution >= 0.6 is 0 Å². The summed E-state index contributed by atoms with van der Waals surface area (Å²) in [6.07, 6.45) is 4.12. The summed E-state index contributed by atoms with van der Waals surface area (Å²) in [7, 11) is 0. The van der Waals surface area contributed by atoms with Crippen molar-refractivity contribution in [2.24, 2.45) is 5.41 Å². The fourth-order valence-electron chi connectivity index (χ4n) is 5.55. The summed E-state index contributed by atoms with van der Waals surface area (Å²) in [4.78, 5) is 38.3. The van der Waals surface area contributed by atoms with Gasteiger partial charge < -0.3 is 20.3 Å². The summed E-state index contributed by atoms with van der Waals surface area (Å²) < 4.78 is 5.53. The SMILES string of the molecule is O=C1CCC(N2Cc3c(CNCC4CC5(CCOCC5)CN4)cccc3C2=O)C(=O)N1. The first-order valence-electron chi connectivity index (χ1n) is 11.3. The van der Waals surface area contributed by atoms with Crippen molar-refractivity contribution in [3.63, 3.8) is 0 Å². The molecule has 8 nitrogen and oxygen atoms in total. The van der Waals surface area contributed by atoms with Gasteiger partial charge in [-0.25, -0.2) is 0 Å². The lowest BCUT2D eigenvalue weighted by atomic mass is 9.78. The van der Waals surface area contributed by atoms with Crippen molar-refractivity contribution in [1.82, 2.24) is 20.9 Å². The van der Waals surface area contributed by atoms with Crippen LogP contribution < -0.4 is 16.0 Å². The Morgan fingerprint density at radius 3 is 2.84 bits per heavy atom. The maximum Gasteiger partial charge on any atom is 0.255 e. The number of rotatable bonds is 5. The average molecular weight is 427 g/mol. The molecule has 1 aromatic carbocycles. The number of imide groups is 1. The number of nitrogens with one attached hydrogen (secondary N) is 3. The number of hydrogen-bond donors (Lipinski definition) is 3. The van der Waals surface area contributed by atoms with Gasteiger partial charge in [0.2, 0.25) is 11.8 Å². The van der Waals surface area contributed by atoms with Gasteiger partial charge in [0, 0.05) is 57.4 Å². The molecule has 2 unspecified atom stereocenters. The van der Waals surface area contributed by atoms with Gasteiger partial charge in [-0.1, -0.05) is 12.1 Å². The van der Waals surface area contributed by atoms with Crippen molar-refractivity contribution in [2.75, 3.05) is 26.3 Å². The average Bonchev–Trinajstić information content (AvgIpc) is 3.30. The van der Waals surface area contributed by atoms with Crippen LogP contribution in [0.15, 0.2) is 18.2 Å². The number of amides is 3. The largest absolute Gasteiger partial charge is 0.381 e. The highest BCUT2D eigenvalue weighted by atomic mass is 16.5. The van der Waals surface area contributed by atoms with Gasteiger partial charge in [-0.05, 0) is 48.3 Å². The lowest BCUT2D eigenvalue weighted by Crippen LogP contribution is -2.52. The maximum absolute atomic E-state index is 13.0. The number of benzene rings is 1. The second-order valence-electron chi connectivity index (χ2n) is 9.37. The van der Waals surface area contributed by atoms with Crippen LogP contribution in [0.4, 0.5) is 0 Å². The van der Waals surface area contributed by atoms with Crippen LogP contribution in [0, 0.1) is 5.41 Å². The number of nitrogens with zero attached hydrogens (tertiary/aromatic N) is 1. The van der Waals surface area contributed by atoms with Crippen molar-refractivity contribution in [3.05, 3.63) is 34.9 Å². The lowest BCUT2D eigenvalue weighted by Gasteiger charge is -2.32. The number of fused-ring (bicyclic) bond motifs is 1. The minimum absolute atomic E-state index is 0.120. The van der Waals surface area contributed by atoms with Gasteiger partial charge in [-0.3, -0.25) is 19.7 Å². The molecule has 2 atom stereocenters. The quantitative estimate of drug-likeness (QED) is 0.600. The zero-order chi connectivity index (χ0) is 21.4. The van der Waals surface area contributed by atoms with Crippen molar-refractivity contribution in [3.8, 4) is 0 Å². The fourth-order valence-corrected chi connectivity index (χ4v) is 5.55. The minimum atomic E-state index is -0.572. The Kier molecular flexibility index (Phi) is 5.54. The Balaban J connectivity index is 1.20. The number of hydrogen-bond acceptors (Lipinski definition) is 6. The van der Waals surface area contributed by atoms with Crippen molar-refractivity contribution in [2.45, 2.75) is 57.3 Å². The molecule has 8 heteroatoms. The molecule has 0 bridgehead atoms. The summed E-state index contributed by atoms with van der Waals surface area (Å²) in [6.45, 7) is 4.80. The number of carbonyl (C=O) groups excluding carboxylic acids is 3. The number of piperidine rings is 1. The van der Waals surface area contributed by atoms with Crippen LogP contribution in [0.1, 0.15) is 53.6 Å². The Morgan fingerprint density at radius 1 is 1.19 bits per heavy atom. The fraction of sp³-hybridized carbons (Fsp3) is 0.609. The van der Waals surface area contributed by atoms with E-state index in [4.69, 9.17) is 4.74 Å². The van der Waals surface area contributed by atoms with Gasteiger partial charge in [-0.15, -0.1) is 0 Å². The third-order valence-corrected chi connectivity index (χ3v) is 7.38. The van der Waals surface area contributed by atoms with Crippen LogP contribution in [0.5, 0.6) is 0 Å². The summed E-state index contributed by atoms with van der Waals surface area (Å²) in [5, 5.41) is 9.60. The molecule has 3 fully saturated rings. The molecule has 0 saturated carbocycles. The molecular weight excluding hydrogens is 396 g/mol. The van der Waals surface area contributed by atoms with Crippen LogP contribution in [-0.2, 0) is 27.4 Å². The zero-order valence-corrected chi connectivity index (χ0v) is 17.7. The Hall–Kier alpha value is -2.29. The van der Waals surface area contributed by atoms with Crippen molar-refractivity contribution >= 4 is 17.7 Å². The molecule has 3 saturated heterocycles. The topological polar surface area (TPSA) is 99.8 Å². The van der Waals surface area contributed by atoms with Crippen molar-refractivity contribution < 1.29 is 19.1 Å². The molecule has 4 heterocycles. The van der Waals surface area contributed by atoms with E-state index in [2.05, 4.69) is 22.0 Å². The molecule has 0 radical (unpaired) electrons. The Labute approximate surface area is 182 Å². The maximum atomic E-state index is 13.0. The van der Waals surface area contributed by atoms with Crippen LogP contribution in [0.3, 0.4) is 0 Å². The molecule has 4 aliphatic heterocycles. The number of ether oxygens (including phenoxy) is 1. The predicted molar refractivity (Wildman–Crippen MR) is 113 cm³/mol. The molecular formula is C23H30N4O4. The molecule has 3 amide bonds. The minimum Gasteiger partial charge on any atom is -0.381 e. The summed E-state index contributed by atoms with van der Waals surface area (Å²) >= 11 is 0. The first-order valence-corrected chi connectivity index (χ1v) is 11.3. The van der Waals surface area contributed by atoms with Crippen molar-refractivity contribution in [1.29, 1.82) is 0 Å². The molecule has 3 N–H and O–H groups in total. The highest BCUT2D eigenvalue weighted by Crippen LogP contribution is 2.38. The van der Waals surface area contributed by atoms with E-state index >= 15 is 0 Å². The smallest absolute Gasteiger partial charge is 0.255 e. The first-order chi connectivity index (χ1) is 15.0. The van der Waals surface area contributed by atoms with E-state index in [1.54, 1.807) is 4.90 Å². The Morgan fingerprint density at radius 2 is 2.03 bits per heavy atom. The van der Waals surface area contributed by atoms with E-state index < -0.39 is 6.04 Å². The van der Waals surface area contributed by atoms with Gasteiger partial charge in [0.1, 0.15) is 6.04 Å². The second kappa shape index (κ2) is 8.33. The molecule has 4 aliphatic rings. The third-order valence-electron chi connectivity index (χ3n) is 7.38. The second-order valence-corrected chi connectivity index (χ2v) is 9.37. The van der Waals surface area contributed by atoms with E-state index in [1.165, 1.54) is 6.42 Å². The molecule has 1 aromatic rings. The van der Waals surface area contributed by atoms with Crippen LogP contribution in [0.25, 0.3) is 0 Å². The van der Waals surface area contributed by atoms with Crippen LogP contribution in [-0.4, -0.2) is 61.0 Å².